The molecule has 0 bridgehead atoms. The van der Waals surface area contributed by atoms with Crippen molar-refractivity contribution in [2.75, 3.05) is 18.6 Å². The van der Waals surface area contributed by atoms with E-state index in [1.54, 1.807) is 0 Å². The molecule has 0 saturated heterocycles. The molecule has 0 aliphatic rings. The van der Waals surface area contributed by atoms with Gasteiger partial charge in [0.1, 0.15) is 18.2 Å². The van der Waals surface area contributed by atoms with Crippen LogP contribution >= 0.6 is 0 Å². The number of carbonyl (C=O) groups excluding carboxylic acids is 1. The van der Waals surface area contributed by atoms with Crippen molar-refractivity contribution in [3.8, 4) is 0 Å². The van der Waals surface area contributed by atoms with Crippen LogP contribution in [0.1, 0.15) is 0 Å². The molecule has 3 nitrogen and oxygen atoms in total. The Bertz CT molecular complexity index is 355. The number of likely N-dealkylation sites (N-methyl/N-ethyl adjacent to an activating group) is 1. The molecular formula is C9H9F2NO2. The van der Waals surface area contributed by atoms with E-state index in [1.165, 1.54) is 7.05 Å². The van der Waals surface area contributed by atoms with Crippen LogP contribution in [0.4, 0.5) is 14.5 Å². The van der Waals surface area contributed by atoms with E-state index in [2.05, 4.69) is 0 Å². The van der Waals surface area contributed by atoms with Crippen LogP contribution in [0.5, 0.6) is 0 Å². The molecule has 0 fully saturated rings. The van der Waals surface area contributed by atoms with E-state index in [1.807, 2.05) is 0 Å². The number of aliphatic hydroxyl groups is 1. The van der Waals surface area contributed by atoms with Crippen LogP contribution in [0.25, 0.3) is 0 Å². The summed E-state index contributed by atoms with van der Waals surface area (Å²) in [6.45, 7) is -0.715. The zero-order chi connectivity index (χ0) is 10.7. The summed E-state index contributed by atoms with van der Waals surface area (Å²) < 4.78 is 25.6. The molecule has 1 N–H and O–H groups in total. The molecule has 0 spiro atoms. The molecule has 0 aromatic heterocycles. The number of carbonyl (C=O) groups is 1. The van der Waals surface area contributed by atoms with Crippen LogP contribution in [0, 0.1) is 11.6 Å². The van der Waals surface area contributed by atoms with Gasteiger partial charge in [-0.25, -0.2) is 8.78 Å². The second kappa shape index (κ2) is 4.15. The molecule has 1 rings (SSSR count). The summed E-state index contributed by atoms with van der Waals surface area (Å²) in [6, 6.07) is 2.86. The predicted octanol–water partition coefficient (Wildman–Crippen LogP) is 0.920. The fraction of sp³-hybridized carbons (Fsp3) is 0.222. The second-order valence-corrected chi connectivity index (χ2v) is 2.71. The lowest BCUT2D eigenvalue weighted by Crippen LogP contribution is -2.29. The third-order valence-corrected chi connectivity index (χ3v) is 1.78. The van der Waals surface area contributed by atoms with Crippen LogP contribution in [0.3, 0.4) is 0 Å². The topological polar surface area (TPSA) is 40.5 Å². The molecule has 0 radical (unpaired) electrons. The highest BCUT2D eigenvalue weighted by Crippen LogP contribution is 2.18. The van der Waals surface area contributed by atoms with Gasteiger partial charge in [0.15, 0.2) is 0 Å². The van der Waals surface area contributed by atoms with Gasteiger partial charge >= 0.3 is 0 Å². The van der Waals surface area contributed by atoms with Crippen molar-refractivity contribution < 1.29 is 18.7 Å². The number of hydrogen-bond donors (Lipinski definition) is 1. The molecule has 0 atom stereocenters. The minimum atomic E-state index is -0.839. The van der Waals surface area contributed by atoms with Crippen LogP contribution in [-0.2, 0) is 4.79 Å². The largest absolute Gasteiger partial charge is 0.387 e. The molecule has 0 aliphatic carbocycles. The van der Waals surface area contributed by atoms with Gasteiger partial charge in [-0.2, -0.15) is 0 Å². The highest BCUT2D eigenvalue weighted by Gasteiger charge is 2.13. The smallest absolute Gasteiger partial charge is 0.252 e. The highest BCUT2D eigenvalue weighted by molar-refractivity contribution is 5.93. The van der Waals surface area contributed by atoms with Crippen molar-refractivity contribution in [3.63, 3.8) is 0 Å². The third-order valence-electron chi connectivity index (χ3n) is 1.78. The standard InChI is InChI=1S/C9H9F2NO2/c1-12(9(14)5-13)8-3-2-6(10)4-7(8)11/h2-4,13H,5H2,1H3. The average Bonchev–Trinajstić information content (AvgIpc) is 2.15. The van der Waals surface area contributed by atoms with E-state index in [9.17, 15) is 13.6 Å². The Kier molecular flexibility index (Phi) is 3.14. The molecule has 0 unspecified atom stereocenters. The van der Waals surface area contributed by atoms with E-state index < -0.39 is 24.1 Å². The lowest BCUT2D eigenvalue weighted by molar-refractivity contribution is -0.121. The molecule has 1 aromatic rings. The molecule has 0 heterocycles. The SMILES string of the molecule is CN(C(=O)CO)c1ccc(F)cc1F. The summed E-state index contributed by atoms with van der Waals surface area (Å²) in [5.74, 6) is -2.21. The van der Waals surface area contributed by atoms with E-state index in [-0.39, 0.29) is 5.69 Å². The summed E-state index contributed by atoms with van der Waals surface area (Å²) in [6.07, 6.45) is 0. The number of amides is 1. The minimum absolute atomic E-state index is 0.0644. The minimum Gasteiger partial charge on any atom is -0.387 e. The normalized spacial score (nSPS) is 10.0. The summed E-state index contributed by atoms with van der Waals surface area (Å²) in [5, 5.41) is 8.52. The Morgan fingerprint density at radius 2 is 2.14 bits per heavy atom. The first-order valence-corrected chi connectivity index (χ1v) is 3.88. The fourth-order valence-corrected chi connectivity index (χ4v) is 0.994. The first-order chi connectivity index (χ1) is 6.56. The molecular weight excluding hydrogens is 192 g/mol. The Morgan fingerprint density at radius 1 is 1.50 bits per heavy atom. The number of halogens is 2. The van der Waals surface area contributed by atoms with Gasteiger partial charge in [-0.15, -0.1) is 0 Å². The zero-order valence-corrected chi connectivity index (χ0v) is 7.50. The summed E-state index contributed by atoms with van der Waals surface area (Å²) >= 11 is 0. The summed E-state index contributed by atoms with van der Waals surface area (Å²) in [7, 11) is 1.30. The number of aliphatic hydroxyl groups excluding tert-OH is 1. The van der Waals surface area contributed by atoms with Crippen molar-refractivity contribution in [2.24, 2.45) is 0 Å². The third kappa shape index (κ3) is 2.05. The van der Waals surface area contributed by atoms with Gasteiger partial charge in [0, 0.05) is 13.1 Å². The Morgan fingerprint density at radius 3 is 2.64 bits per heavy atom. The molecule has 0 aliphatic heterocycles. The molecule has 0 saturated carbocycles. The molecule has 1 amide bonds. The van der Waals surface area contributed by atoms with Crippen molar-refractivity contribution in [1.82, 2.24) is 0 Å². The molecule has 14 heavy (non-hydrogen) atoms. The monoisotopic (exact) mass is 201 g/mol. The Hall–Kier alpha value is -1.49. The highest BCUT2D eigenvalue weighted by atomic mass is 19.1. The number of hydrogen-bond acceptors (Lipinski definition) is 2. The lowest BCUT2D eigenvalue weighted by atomic mass is 10.2. The van der Waals surface area contributed by atoms with Crippen molar-refractivity contribution in [1.29, 1.82) is 0 Å². The average molecular weight is 201 g/mol. The fourth-order valence-electron chi connectivity index (χ4n) is 0.994. The lowest BCUT2D eigenvalue weighted by Gasteiger charge is -2.16. The Labute approximate surface area is 79.6 Å². The van der Waals surface area contributed by atoms with E-state index in [0.717, 1.165) is 17.0 Å². The summed E-state index contributed by atoms with van der Waals surface area (Å²) in [4.78, 5) is 11.9. The summed E-state index contributed by atoms with van der Waals surface area (Å²) in [5.41, 5.74) is -0.0644. The predicted molar refractivity (Wildman–Crippen MR) is 46.9 cm³/mol. The van der Waals surface area contributed by atoms with E-state index in [4.69, 9.17) is 5.11 Å². The van der Waals surface area contributed by atoms with Gasteiger partial charge in [0.2, 0.25) is 0 Å². The number of nitrogens with zero attached hydrogens (tertiary/aromatic N) is 1. The number of anilines is 1. The van der Waals surface area contributed by atoms with Crippen LogP contribution in [0.15, 0.2) is 18.2 Å². The second-order valence-electron chi connectivity index (χ2n) is 2.71. The van der Waals surface area contributed by atoms with Gasteiger partial charge in [-0.05, 0) is 12.1 Å². The molecule has 76 valence electrons. The number of benzene rings is 1. The maximum Gasteiger partial charge on any atom is 0.252 e. The van der Waals surface area contributed by atoms with Gasteiger partial charge in [0.25, 0.3) is 5.91 Å². The van der Waals surface area contributed by atoms with Crippen LogP contribution in [0.2, 0.25) is 0 Å². The van der Waals surface area contributed by atoms with Crippen LogP contribution < -0.4 is 4.90 Å². The number of rotatable bonds is 2. The maximum absolute atomic E-state index is 13.1. The maximum atomic E-state index is 13.1. The van der Waals surface area contributed by atoms with Gasteiger partial charge in [-0.3, -0.25) is 4.79 Å². The van der Waals surface area contributed by atoms with Crippen molar-refractivity contribution in [2.45, 2.75) is 0 Å². The molecule has 5 heteroatoms. The van der Waals surface area contributed by atoms with Gasteiger partial charge < -0.3 is 10.0 Å². The van der Waals surface area contributed by atoms with Crippen molar-refractivity contribution in [3.05, 3.63) is 29.8 Å². The van der Waals surface area contributed by atoms with Gasteiger partial charge in [-0.1, -0.05) is 0 Å². The molecule has 1 aromatic carbocycles. The van der Waals surface area contributed by atoms with Crippen molar-refractivity contribution >= 4 is 11.6 Å². The van der Waals surface area contributed by atoms with E-state index >= 15 is 0 Å². The van der Waals surface area contributed by atoms with E-state index in [0.29, 0.717) is 6.07 Å². The quantitative estimate of drug-likeness (QED) is 0.772. The van der Waals surface area contributed by atoms with Crippen LogP contribution in [-0.4, -0.2) is 24.7 Å². The first-order valence-electron chi connectivity index (χ1n) is 3.88. The van der Waals surface area contributed by atoms with Gasteiger partial charge in [0.05, 0.1) is 5.69 Å². The first kappa shape index (κ1) is 10.6. The zero-order valence-electron chi connectivity index (χ0n) is 7.50. The Balaban J connectivity index is 3.01.